The Morgan fingerprint density at radius 3 is 2.46 bits per heavy atom. The summed E-state index contributed by atoms with van der Waals surface area (Å²) in [4.78, 5) is 12.6. The summed E-state index contributed by atoms with van der Waals surface area (Å²) in [5.74, 6) is -0.442. The molecule has 0 unspecified atom stereocenters. The Kier molecular flexibility index (Phi) is 5.96. The average Bonchev–Trinajstić information content (AvgIpc) is 3.21. The molecule has 1 saturated heterocycles. The molecule has 6 nitrogen and oxygen atoms in total. The van der Waals surface area contributed by atoms with Gasteiger partial charge in [-0.1, -0.05) is 29.8 Å². The molecular formula is C21H25N3O3S. The zero-order valence-corrected chi connectivity index (χ0v) is 17.2. The van der Waals surface area contributed by atoms with Gasteiger partial charge in [-0.05, 0) is 57.4 Å². The fourth-order valence-electron chi connectivity index (χ4n) is 3.35. The first-order valence-electron chi connectivity index (χ1n) is 9.31. The van der Waals surface area contributed by atoms with E-state index in [1.165, 1.54) is 16.4 Å². The van der Waals surface area contributed by atoms with Crippen LogP contribution in [0, 0.1) is 13.8 Å². The van der Waals surface area contributed by atoms with Crippen molar-refractivity contribution in [3.8, 4) is 0 Å². The molecule has 1 N–H and O–H groups in total. The van der Waals surface area contributed by atoms with Gasteiger partial charge in [0.15, 0.2) is 0 Å². The predicted octanol–water partition coefficient (Wildman–Crippen LogP) is 3.24. The van der Waals surface area contributed by atoms with Crippen molar-refractivity contribution in [3.63, 3.8) is 0 Å². The molecule has 0 saturated carbocycles. The van der Waals surface area contributed by atoms with Gasteiger partial charge < -0.3 is 0 Å². The Bertz CT molecular complexity index is 1020. The molecule has 2 aromatic rings. The van der Waals surface area contributed by atoms with Gasteiger partial charge in [-0.2, -0.15) is 9.41 Å². The number of hydrazone groups is 1. The number of aryl methyl sites for hydroxylation is 2. The van der Waals surface area contributed by atoms with Gasteiger partial charge in [0.25, 0.3) is 5.91 Å². The van der Waals surface area contributed by atoms with E-state index in [4.69, 9.17) is 0 Å². The van der Waals surface area contributed by atoms with Gasteiger partial charge in [0.2, 0.25) is 10.0 Å². The quantitative estimate of drug-likeness (QED) is 0.619. The summed E-state index contributed by atoms with van der Waals surface area (Å²) in [6.07, 6.45) is 1.73. The van der Waals surface area contributed by atoms with E-state index in [0.29, 0.717) is 18.8 Å². The number of nitrogens with one attached hydrogen (secondary N) is 1. The lowest BCUT2D eigenvalue weighted by molar-refractivity contribution is 0.0954. The molecule has 0 aromatic heterocycles. The molecule has 1 amide bonds. The van der Waals surface area contributed by atoms with Gasteiger partial charge in [0.1, 0.15) is 0 Å². The number of hydrogen-bond donors (Lipinski definition) is 1. The van der Waals surface area contributed by atoms with Gasteiger partial charge >= 0.3 is 0 Å². The Labute approximate surface area is 166 Å². The Hall–Kier alpha value is -2.51. The van der Waals surface area contributed by atoms with Crippen LogP contribution in [0.25, 0.3) is 0 Å². The molecule has 3 rings (SSSR count). The van der Waals surface area contributed by atoms with E-state index in [-0.39, 0.29) is 10.5 Å². The highest BCUT2D eigenvalue weighted by molar-refractivity contribution is 7.89. The van der Waals surface area contributed by atoms with Crippen LogP contribution in [0.2, 0.25) is 0 Å². The SMILES string of the molecule is C/C(=N/NC(=O)c1cccc(S(=O)(=O)N2CCCC2)c1)c1ccc(C)cc1C. The number of hydrogen-bond acceptors (Lipinski definition) is 4. The normalized spacial score (nSPS) is 15.6. The lowest BCUT2D eigenvalue weighted by Crippen LogP contribution is -2.28. The molecule has 0 atom stereocenters. The first-order valence-corrected chi connectivity index (χ1v) is 10.8. The van der Waals surface area contributed by atoms with Crippen molar-refractivity contribution in [1.82, 2.24) is 9.73 Å². The number of carbonyl (C=O) groups excluding carboxylic acids is 1. The second-order valence-electron chi connectivity index (χ2n) is 7.10. The summed E-state index contributed by atoms with van der Waals surface area (Å²) in [7, 11) is -3.56. The third kappa shape index (κ3) is 4.31. The Balaban J connectivity index is 1.78. The number of benzene rings is 2. The minimum atomic E-state index is -3.56. The predicted molar refractivity (Wildman–Crippen MR) is 110 cm³/mol. The standard InChI is InChI=1S/C21H25N3O3S/c1-15-9-10-20(16(2)13-15)17(3)22-23-21(25)18-7-6-8-19(14-18)28(26,27)24-11-4-5-12-24/h6-10,13-14H,4-5,11-12H2,1-3H3,(H,23,25)/b22-17-. The number of sulfonamides is 1. The molecule has 0 radical (unpaired) electrons. The van der Waals surface area contributed by atoms with E-state index in [9.17, 15) is 13.2 Å². The first kappa shape index (κ1) is 20.2. The van der Waals surface area contributed by atoms with Crippen molar-refractivity contribution in [2.45, 2.75) is 38.5 Å². The van der Waals surface area contributed by atoms with Crippen molar-refractivity contribution in [1.29, 1.82) is 0 Å². The van der Waals surface area contributed by atoms with Gasteiger partial charge in [-0.25, -0.2) is 13.8 Å². The maximum absolute atomic E-state index is 12.7. The largest absolute Gasteiger partial charge is 0.271 e. The second kappa shape index (κ2) is 8.24. The van der Waals surface area contributed by atoms with Gasteiger partial charge in [-0.3, -0.25) is 4.79 Å². The highest BCUT2D eigenvalue weighted by atomic mass is 32.2. The van der Waals surface area contributed by atoms with Crippen molar-refractivity contribution in [2.75, 3.05) is 13.1 Å². The Morgan fingerprint density at radius 1 is 1.07 bits per heavy atom. The van der Waals surface area contributed by atoms with Crippen molar-refractivity contribution in [2.24, 2.45) is 5.10 Å². The molecule has 1 fully saturated rings. The van der Waals surface area contributed by atoms with Gasteiger partial charge in [0, 0.05) is 24.2 Å². The molecule has 0 bridgehead atoms. The van der Waals surface area contributed by atoms with Crippen LogP contribution in [0.4, 0.5) is 0 Å². The summed E-state index contributed by atoms with van der Waals surface area (Å²) in [5, 5.41) is 4.19. The summed E-state index contributed by atoms with van der Waals surface area (Å²) in [6, 6.07) is 12.1. The van der Waals surface area contributed by atoms with Crippen molar-refractivity contribution < 1.29 is 13.2 Å². The minimum absolute atomic E-state index is 0.136. The van der Waals surface area contributed by atoms with Crippen LogP contribution >= 0.6 is 0 Å². The maximum atomic E-state index is 12.7. The highest BCUT2D eigenvalue weighted by Gasteiger charge is 2.27. The average molecular weight is 400 g/mol. The van der Waals surface area contributed by atoms with Crippen LogP contribution in [-0.4, -0.2) is 37.4 Å². The molecule has 0 spiro atoms. The van der Waals surface area contributed by atoms with E-state index < -0.39 is 15.9 Å². The molecule has 28 heavy (non-hydrogen) atoms. The number of rotatable bonds is 5. The van der Waals surface area contributed by atoms with E-state index >= 15 is 0 Å². The van der Waals surface area contributed by atoms with Crippen LogP contribution in [0.3, 0.4) is 0 Å². The van der Waals surface area contributed by atoms with Crippen LogP contribution in [0.1, 0.15) is 46.8 Å². The summed E-state index contributed by atoms with van der Waals surface area (Å²) in [6.45, 7) is 6.90. The Morgan fingerprint density at radius 2 is 1.79 bits per heavy atom. The highest BCUT2D eigenvalue weighted by Crippen LogP contribution is 2.21. The summed E-state index contributed by atoms with van der Waals surface area (Å²) in [5.41, 5.74) is 6.67. The van der Waals surface area contributed by atoms with E-state index in [1.807, 2.05) is 32.9 Å². The zero-order valence-electron chi connectivity index (χ0n) is 16.4. The van der Waals surface area contributed by atoms with Crippen molar-refractivity contribution in [3.05, 3.63) is 64.7 Å². The molecule has 0 aliphatic carbocycles. The molecule has 1 heterocycles. The number of nitrogens with zero attached hydrogens (tertiary/aromatic N) is 2. The summed E-state index contributed by atoms with van der Waals surface area (Å²) >= 11 is 0. The molecule has 148 valence electrons. The second-order valence-corrected chi connectivity index (χ2v) is 9.03. The fraction of sp³-hybridized carbons (Fsp3) is 0.333. The van der Waals surface area contributed by atoms with Gasteiger partial charge in [-0.15, -0.1) is 0 Å². The summed E-state index contributed by atoms with van der Waals surface area (Å²) < 4.78 is 26.8. The third-order valence-corrected chi connectivity index (χ3v) is 6.79. The number of carbonyl (C=O) groups is 1. The lowest BCUT2D eigenvalue weighted by Gasteiger charge is -2.15. The van der Waals surface area contributed by atoms with E-state index in [0.717, 1.165) is 29.5 Å². The van der Waals surface area contributed by atoms with Crippen LogP contribution in [0.15, 0.2) is 52.5 Å². The van der Waals surface area contributed by atoms with Crippen LogP contribution in [0.5, 0.6) is 0 Å². The minimum Gasteiger partial charge on any atom is -0.267 e. The van der Waals surface area contributed by atoms with Crippen LogP contribution in [-0.2, 0) is 10.0 Å². The molecule has 7 heteroatoms. The molecule has 1 aliphatic heterocycles. The third-order valence-electron chi connectivity index (χ3n) is 4.90. The molecule has 1 aliphatic rings. The van der Waals surface area contributed by atoms with E-state index in [1.54, 1.807) is 12.1 Å². The van der Waals surface area contributed by atoms with Crippen LogP contribution < -0.4 is 5.43 Å². The number of amides is 1. The lowest BCUT2D eigenvalue weighted by atomic mass is 10.0. The first-order chi connectivity index (χ1) is 13.3. The fourth-order valence-corrected chi connectivity index (χ4v) is 4.92. The maximum Gasteiger partial charge on any atom is 0.271 e. The van der Waals surface area contributed by atoms with Crippen molar-refractivity contribution >= 4 is 21.6 Å². The van der Waals surface area contributed by atoms with E-state index in [2.05, 4.69) is 16.6 Å². The van der Waals surface area contributed by atoms with Gasteiger partial charge in [0.05, 0.1) is 10.6 Å². The molecular weight excluding hydrogens is 374 g/mol. The monoisotopic (exact) mass is 399 g/mol. The topological polar surface area (TPSA) is 78.8 Å². The zero-order chi connectivity index (χ0) is 20.3. The molecule has 2 aromatic carbocycles. The smallest absolute Gasteiger partial charge is 0.267 e.